The Labute approximate surface area is 154 Å². The van der Waals surface area contributed by atoms with Crippen LogP contribution in [0.25, 0.3) is 0 Å². The van der Waals surface area contributed by atoms with E-state index >= 15 is 0 Å². The molecule has 16 heteroatoms. The quantitative estimate of drug-likeness (QED) is 0.521. The third kappa shape index (κ3) is 20.7. The number of carbonyl (C=O) groups is 3. The van der Waals surface area contributed by atoms with Gasteiger partial charge in [-0.05, 0) is 12.1 Å². The van der Waals surface area contributed by atoms with Crippen molar-refractivity contribution in [3.8, 4) is 6.07 Å². The summed E-state index contributed by atoms with van der Waals surface area (Å²) >= 11 is 0. The summed E-state index contributed by atoms with van der Waals surface area (Å²) in [6.07, 6.45) is -15.3. The van der Waals surface area contributed by atoms with E-state index in [2.05, 4.69) is 0 Å². The Morgan fingerprint density at radius 3 is 0.966 bits per heavy atom. The van der Waals surface area contributed by atoms with Crippen LogP contribution in [-0.4, -0.2) is 51.8 Å². The van der Waals surface area contributed by atoms with E-state index in [1.165, 1.54) is 0 Å². The fourth-order valence-corrected chi connectivity index (χ4v) is 0.513. The first-order valence-corrected chi connectivity index (χ1v) is 6.12. The highest BCUT2D eigenvalue weighted by molar-refractivity contribution is 5.73. The van der Waals surface area contributed by atoms with E-state index in [0.29, 0.717) is 5.56 Å². The fourth-order valence-electron chi connectivity index (χ4n) is 0.513. The summed E-state index contributed by atoms with van der Waals surface area (Å²) in [5.41, 5.74) is 0.715. The van der Waals surface area contributed by atoms with Crippen molar-refractivity contribution in [1.82, 2.24) is 0 Å². The Morgan fingerprint density at radius 1 is 0.655 bits per heavy atom. The lowest BCUT2D eigenvalue weighted by Gasteiger charge is -1.93. The molecule has 0 aromatic heterocycles. The lowest BCUT2D eigenvalue weighted by Crippen LogP contribution is -2.21. The van der Waals surface area contributed by atoms with Crippen molar-refractivity contribution in [2.24, 2.45) is 0 Å². The van der Waals surface area contributed by atoms with Crippen molar-refractivity contribution in [2.45, 2.75) is 18.5 Å². The first kappa shape index (κ1) is 30.2. The van der Waals surface area contributed by atoms with Gasteiger partial charge in [0, 0.05) is 0 Å². The maximum absolute atomic E-state index is 10.6. The van der Waals surface area contributed by atoms with Gasteiger partial charge in [0.2, 0.25) is 0 Å². The van der Waals surface area contributed by atoms with Gasteiger partial charge in [-0.2, -0.15) is 44.8 Å². The molecule has 1 aromatic rings. The Hall–Kier alpha value is -3.51. The molecule has 1 aromatic carbocycles. The normalized spacial score (nSPS) is 10.3. The summed E-state index contributed by atoms with van der Waals surface area (Å²) in [6, 6.07) is 11.2. The number of rotatable bonds is 0. The van der Waals surface area contributed by atoms with Crippen molar-refractivity contribution in [3.05, 3.63) is 35.9 Å². The summed E-state index contributed by atoms with van der Waals surface area (Å²) in [5, 5.41) is 29.7. The third-order valence-corrected chi connectivity index (χ3v) is 1.63. The molecule has 0 unspecified atom stereocenters. The number of hydrogen-bond donors (Lipinski definition) is 3. The molecule has 0 radical (unpaired) electrons. The van der Waals surface area contributed by atoms with Gasteiger partial charge >= 0.3 is 36.4 Å². The lowest BCUT2D eigenvalue weighted by atomic mass is 10.2. The summed E-state index contributed by atoms with van der Waals surface area (Å²) < 4.78 is 95.2. The first-order valence-electron chi connectivity index (χ1n) is 6.12. The zero-order chi connectivity index (χ0) is 24.1. The van der Waals surface area contributed by atoms with Crippen molar-refractivity contribution in [3.63, 3.8) is 0 Å². The summed E-state index contributed by atoms with van der Waals surface area (Å²) in [7, 11) is 0. The van der Waals surface area contributed by atoms with Gasteiger partial charge in [-0.15, -0.1) is 0 Å². The highest BCUT2D eigenvalue weighted by atomic mass is 19.4. The van der Waals surface area contributed by atoms with Crippen molar-refractivity contribution < 1.29 is 69.2 Å². The molecule has 0 spiro atoms. The van der Waals surface area contributed by atoms with Crippen LogP contribution in [0, 0.1) is 11.3 Å². The Kier molecular flexibility index (Phi) is 13.3. The molecular weight excluding hydrogens is 437 g/mol. The summed E-state index contributed by atoms with van der Waals surface area (Å²) in [6.45, 7) is 0. The minimum Gasteiger partial charge on any atom is -0.475 e. The molecule has 3 N–H and O–H groups in total. The van der Waals surface area contributed by atoms with E-state index in [0.717, 1.165) is 0 Å². The maximum atomic E-state index is 10.6. The molecule has 0 bridgehead atoms. The molecule has 0 aliphatic heterocycles. The molecule has 0 atom stereocenters. The number of benzene rings is 1. The second-order valence-corrected chi connectivity index (χ2v) is 3.89. The number of aliphatic carboxylic acids is 3. The van der Waals surface area contributed by atoms with Crippen LogP contribution >= 0.6 is 0 Å². The van der Waals surface area contributed by atoms with Gasteiger partial charge in [-0.25, -0.2) is 14.4 Å². The highest BCUT2D eigenvalue weighted by Crippen LogP contribution is 2.14. The van der Waals surface area contributed by atoms with Crippen LogP contribution in [0.15, 0.2) is 30.3 Å². The van der Waals surface area contributed by atoms with E-state index < -0.39 is 36.4 Å². The zero-order valence-electron chi connectivity index (χ0n) is 13.3. The smallest absolute Gasteiger partial charge is 0.475 e. The molecule has 0 amide bonds. The Morgan fingerprint density at radius 2 is 0.862 bits per heavy atom. The van der Waals surface area contributed by atoms with E-state index in [-0.39, 0.29) is 0 Å². The molecule has 0 saturated carbocycles. The fraction of sp³-hybridized carbons (Fsp3) is 0.231. The number of nitriles is 1. The number of alkyl halides is 9. The number of halogens is 9. The van der Waals surface area contributed by atoms with Gasteiger partial charge in [0.1, 0.15) is 0 Å². The van der Waals surface area contributed by atoms with Crippen molar-refractivity contribution >= 4 is 17.9 Å². The molecule has 29 heavy (non-hydrogen) atoms. The minimum absolute atomic E-state index is 0.715. The Balaban J connectivity index is -0.000000312. The summed E-state index contributed by atoms with van der Waals surface area (Å²) in [4.78, 5) is 26.7. The lowest BCUT2D eigenvalue weighted by molar-refractivity contribution is -0.193. The van der Waals surface area contributed by atoms with E-state index in [4.69, 9.17) is 35.0 Å². The number of nitrogens with zero attached hydrogens (tertiary/aromatic N) is 1. The van der Waals surface area contributed by atoms with Crippen LogP contribution in [0.5, 0.6) is 0 Å². The predicted molar refractivity (Wildman–Crippen MR) is 72.2 cm³/mol. The molecule has 164 valence electrons. The van der Waals surface area contributed by atoms with Gasteiger partial charge in [0.15, 0.2) is 0 Å². The van der Waals surface area contributed by atoms with Gasteiger partial charge in [0.25, 0.3) is 0 Å². The zero-order valence-corrected chi connectivity index (χ0v) is 13.3. The van der Waals surface area contributed by atoms with Crippen LogP contribution in [0.3, 0.4) is 0 Å². The van der Waals surface area contributed by atoms with Crippen LogP contribution in [0.2, 0.25) is 0 Å². The molecule has 0 aliphatic carbocycles. The Bertz CT molecular complexity index is 633. The van der Waals surface area contributed by atoms with E-state index in [1.807, 2.05) is 24.3 Å². The standard InChI is InChI=1S/C7H5N.3C2HF3O2/c8-6-7-4-2-1-3-5-7;3*3-2(4,5)1(6)7/h1-5H;3*(H,6,7). The first-order chi connectivity index (χ1) is 12.8. The minimum atomic E-state index is -5.08. The van der Waals surface area contributed by atoms with Crippen LogP contribution < -0.4 is 0 Å². The molecule has 0 heterocycles. The number of carboxylic acids is 3. The van der Waals surface area contributed by atoms with Crippen molar-refractivity contribution in [1.29, 1.82) is 5.26 Å². The van der Waals surface area contributed by atoms with Gasteiger partial charge in [-0.1, -0.05) is 18.2 Å². The molecular formula is C13H8F9NO6. The highest BCUT2D eigenvalue weighted by Gasteiger charge is 2.39. The van der Waals surface area contributed by atoms with Gasteiger partial charge < -0.3 is 15.3 Å². The van der Waals surface area contributed by atoms with Crippen LogP contribution in [-0.2, 0) is 14.4 Å². The maximum Gasteiger partial charge on any atom is 0.490 e. The topological polar surface area (TPSA) is 136 Å². The monoisotopic (exact) mass is 445 g/mol. The molecule has 0 saturated heterocycles. The SMILES string of the molecule is N#Cc1ccccc1.O=C(O)C(F)(F)F.O=C(O)C(F)(F)F.O=C(O)C(F)(F)F. The average molecular weight is 445 g/mol. The number of hydrogen-bond acceptors (Lipinski definition) is 4. The summed E-state index contributed by atoms with van der Waals surface area (Å²) in [5.74, 6) is -8.27. The van der Waals surface area contributed by atoms with Crippen molar-refractivity contribution in [2.75, 3.05) is 0 Å². The van der Waals surface area contributed by atoms with E-state index in [1.54, 1.807) is 12.1 Å². The second kappa shape index (κ2) is 12.8. The van der Waals surface area contributed by atoms with Crippen LogP contribution in [0.1, 0.15) is 5.56 Å². The van der Waals surface area contributed by atoms with E-state index in [9.17, 15) is 39.5 Å². The largest absolute Gasteiger partial charge is 0.490 e. The predicted octanol–water partition coefficient (Wildman–Crippen LogP) is 3.46. The van der Waals surface area contributed by atoms with Gasteiger partial charge in [-0.3, -0.25) is 0 Å². The molecule has 0 fully saturated rings. The molecule has 7 nitrogen and oxygen atoms in total. The third-order valence-electron chi connectivity index (χ3n) is 1.63. The molecule has 1 rings (SSSR count). The van der Waals surface area contributed by atoms with Crippen LogP contribution in [0.4, 0.5) is 39.5 Å². The second-order valence-electron chi connectivity index (χ2n) is 3.89. The number of carboxylic acid groups (broad SMARTS) is 3. The van der Waals surface area contributed by atoms with Gasteiger partial charge in [0.05, 0.1) is 11.6 Å². The molecule has 0 aliphatic rings. The average Bonchev–Trinajstić information content (AvgIpc) is 2.54.